The molecule has 1 atom stereocenters. The number of hydrogen-bond acceptors (Lipinski definition) is 5. The molecule has 5 nitrogen and oxygen atoms in total. The minimum atomic E-state index is -0.572. The van der Waals surface area contributed by atoms with Crippen molar-refractivity contribution in [3.05, 3.63) is 40.7 Å². The van der Waals surface area contributed by atoms with Crippen molar-refractivity contribution in [1.29, 1.82) is 0 Å². The molecule has 1 heterocycles. The highest BCUT2D eigenvalue weighted by Gasteiger charge is 2.11. The van der Waals surface area contributed by atoms with Crippen LogP contribution in [0.3, 0.4) is 0 Å². The third kappa shape index (κ3) is 2.68. The summed E-state index contributed by atoms with van der Waals surface area (Å²) >= 11 is 0. The monoisotopic (exact) mass is 248 g/mol. The summed E-state index contributed by atoms with van der Waals surface area (Å²) in [4.78, 5) is 0. The van der Waals surface area contributed by atoms with Gasteiger partial charge in [-0.1, -0.05) is 22.4 Å². The number of aliphatic hydroxyl groups excluding tert-OH is 1. The molecule has 96 valence electrons. The number of rotatable bonds is 4. The molecule has 1 unspecified atom stereocenters. The van der Waals surface area contributed by atoms with Crippen molar-refractivity contribution >= 4 is 0 Å². The van der Waals surface area contributed by atoms with Gasteiger partial charge >= 0.3 is 0 Å². The molecule has 2 rings (SSSR count). The average molecular weight is 248 g/mol. The van der Waals surface area contributed by atoms with E-state index in [4.69, 9.17) is 4.74 Å². The lowest BCUT2D eigenvalue weighted by molar-refractivity contribution is 0.189. The fraction of sp³-hybridized carbons (Fsp3) is 0.385. The molecule has 1 aromatic carbocycles. The first kappa shape index (κ1) is 12.6. The molecule has 0 saturated heterocycles. The van der Waals surface area contributed by atoms with Crippen LogP contribution < -0.4 is 4.74 Å². The van der Waals surface area contributed by atoms with Gasteiger partial charge in [0.2, 0.25) is 0 Å². The maximum absolute atomic E-state index is 9.68. The summed E-state index contributed by atoms with van der Waals surface area (Å²) in [5, 5.41) is 17.1. The van der Waals surface area contributed by atoms with E-state index in [9.17, 15) is 5.11 Å². The van der Waals surface area contributed by atoms with Gasteiger partial charge in [-0.25, -0.2) is 4.63 Å². The van der Waals surface area contributed by atoms with E-state index in [2.05, 4.69) is 14.9 Å². The van der Waals surface area contributed by atoms with Gasteiger partial charge in [0.1, 0.15) is 23.7 Å². The summed E-state index contributed by atoms with van der Waals surface area (Å²) in [5.74, 6) is 0.660. The molecule has 1 aromatic heterocycles. The summed E-state index contributed by atoms with van der Waals surface area (Å²) in [5.41, 5.74) is 3.20. The minimum Gasteiger partial charge on any atom is -0.487 e. The molecule has 0 aliphatic carbocycles. The SMILES string of the molecule is Cc1ccc(C(C)O)c(OCc2nonc2C)c1. The largest absolute Gasteiger partial charge is 0.487 e. The zero-order valence-electron chi connectivity index (χ0n) is 10.7. The lowest BCUT2D eigenvalue weighted by Gasteiger charge is -2.13. The molecule has 1 N–H and O–H groups in total. The third-order valence-corrected chi connectivity index (χ3v) is 2.73. The molecule has 0 aliphatic heterocycles. The number of nitrogens with zero attached hydrogens (tertiary/aromatic N) is 2. The number of aryl methyl sites for hydroxylation is 2. The number of aromatic nitrogens is 2. The van der Waals surface area contributed by atoms with Crippen molar-refractivity contribution in [2.45, 2.75) is 33.5 Å². The molecular weight excluding hydrogens is 232 g/mol. The number of ether oxygens (including phenoxy) is 1. The Morgan fingerprint density at radius 3 is 2.72 bits per heavy atom. The predicted molar refractivity (Wildman–Crippen MR) is 65.2 cm³/mol. The molecule has 0 saturated carbocycles. The molecule has 0 radical (unpaired) electrons. The Labute approximate surface area is 105 Å². The van der Waals surface area contributed by atoms with E-state index in [0.717, 1.165) is 11.1 Å². The van der Waals surface area contributed by atoms with Gasteiger partial charge in [0, 0.05) is 5.56 Å². The number of aliphatic hydroxyl groups is 1. The molecule has 0 spiro atoms. The Kier molecular flexibility index (Phi) is 3.62. The fourth-order valence-corrected chi connectivity index (χ4v) is 1.64. The van der Waals surface area contributed by atoms with Crippen LogP contribution in [-0.2, 0) is 6.61 Å². The lowest BCUT2D eigenvalue weighted by atomic mass is 10.1. The second kappa shape index (κ2) is 5.18. The Morgan fingerprint density at radius 2 is 2.11 bits per heavy atom. The van der Waals surface area contributed by atoms with Gasteiger partial charge < -0.3 is 9.84 Å². The molecule has 0 amide bonds. The summed E-state index contributed by atoms with van der Waals surface area (Å²) < 4.78 is 10.3. The Balaban J connectivity index is 2.18. The minimum absolute atomic E-state index is 0.276. The van der Waals surface area contributed by atoms with Crippen LogP contribution in [0.2, 0.25) is 0 Å². The highest BCUT2D eigenvalue weighted by molar-refractivity contribution is 5.38. The normalized spacial score (nSPS) is 12.4. The van der Waals surface area contributed by atoms with E-state index < -0.39 is 6.10 Å². The first-order chi connectivity index (χ1) is 8.58. The van der Waals surface area contributed by atoms with Gasteiger partial charge in [0.25, 0.3) is 0 Å². The molecule has 0 fully saturated rings. The Hall–Kier alpha value is -1.88. The third-order valence-electron chi connectivity index (χ3n) is 2.73. The van der Waals surface area contributed by atoms with E-state index in [0.29, 0.717) is 17.1 Å². The number of hydrogen-bond donors (Lipinski definition) is 1. The summed E-state index contributed by atoms with van der Waals surface area (Å²) in [6.07, 6.45) is -0.572. The first-order valence-electron chi connectivity index (χ1n) is 5.77. The van der Waals surface area contributed by atoms with Crippen LogP contribution >= 0.6 is 0 Å². The number of benzene rings is 1. The van der Waals surface area contributed by atoms with Crippen LogP contribution in [0.4, 0.5) is 0 Å². The first-order valence-corrected chi connectivity index (χ1v) is 5.77. The lowest BCUT2D eigenvalue weighted by Crippen LogP contribution is -2.02. The predicted octanol–water partition coefficient (Wildman–Crippen LogP) is 2.32. The van der Waals surface area contributed by atoms with E-state index in [1.165, 1.54) is 0 Å². The summed E-state index contributed by atoms with van der Waals surface area (Å²) in [6.45, 7) is 5.77. The molecule has 0 bridgehead atoms. The van der Waals surface area contributed by atoms with Crippen LogP contribution in [0.1, 0.15) is 35.5 Å². The molecule has 5 heteroatoms. The van der Waals surface area contributed by atoms with Gasteiger partial charge in [-0.2, -0.15) is 0 Å². The smallest absolute Gasteiger partial charge is 0.145 e. The van der Waals surface area contributed by atoms with Gasteiger partial charge in [0.05, 0.1) is 6.10 Å². The quantitative estimate of drug-likeness (QED) is 0.899. The fourth-order valence-electron chi connectivity index (χ4n) is 1.64. The van der Waals surface area contributed by atoms with Gasteiger partial charge in [-0.3, -0.25) is 0 Å². The van der Waals surface area contributed by atoms with E-state index in [-0.39, 0.29) is 6.61 Å². The summed E-state index contributed by atoms with van der Waals surface area (Å²) in [7, 11) is 0. The van der Waals surface area contributed by atoms with Crippen molar-refractivity contribution in [2.24, 2.45) is 0 Å². The van der Waals surface area contributed by atoms with Crippen molar-refractivity contribution in [3.63, 3.8) is 0 Å². The van der Waals surface area contributed by atoms with Gasteiger partial charge in [-0.15, -0.1) is 0 Å². The van der Waals surface area contributed by atoms with E-state index in [1.54, 1.807) is 13.8 Å². The van der Waals surface area contributed by atoms with Crippen LogP contribution in [-0.4, -0.2) is 15.4 Å². The standard InChI is InChI=1S/C13H16N2O3/c1-8-4-5-11(10(3)16)13(6-8)17-7-12-9(2)14-18-15-12/h4-6,10,16H,7H2,1-3H3. The van der Waals surface area contributed by atoms with Crippen molar-refractivity contribution < 1.29 is 14.5 Å². The van der Waals surface area contributed by atoms with Gasteiger partial charge in [-0.05, 0) is 32.4 Å². The average Bonchev–Trinajstić information content (AvgIpc) is 2.72. The topological polar surface area (TPSA) is 68.4 Å². The maximum atomic E-state index is 9.68. The molecule has 0 aliphatic rings. The zero-order chi connectivity index (χ0) is 13.1. The second-order valence-electron chi connectivity index (χ2n) is 4.30. The second-order valence-corrected chi connectivity index (χ2v) is 4.30. The van der Waals surface area contributed by atoms with E-state index in [1.807, 2.05) is 25.1 Å². The summed E-state index contributed by atoms with van der Waals surface area (Å²) in [6, 6.07) is 5.70. The van der Waals surface area contributed by atoms with Crippen LogP contribution in [0, 0.1) is 13.8 Å². The Bertz CT molecular complexity index is 535. The highest BCUT2D eigenvalue weighted by atomic mass is 16.6. The maximum Gasteiger partial charge on any atom is 0.145 e. The molecular formula is C13H16N2O3. The van der Waals surface area contributed by atoms with E-state index >= 15 is 0 Å². The Morgan fingerprint density at radius 1 is 1.33 bits per heavy atom. The van der Waals surface area contributed by atoms with Crippen molar-refractivity contribution in [3.8, 4) is 5.75 Å². The van der Waals surface area contributed by atoms with Crippen molar-refractivity contribution in [1.82, 2.24) is 10.3 Å². The molecule has 18 heavy (non-hydrogen) atoms. The molecule has 2 aromatic rings. The van der Waals surface area contributed by atoms with Gasteiger partial charge in [0.15, 0.2) is 0 Å². The van der Waals surface area contributed by atoms with Crippen LogP contribution in [0.15, 0.2) is 22.8 Å². The van der Waals surface area contributed by atoms with Crippen LogP contribution in [0.5, 0.6) is 5.75 Å². The van der Waals surface area contributed by atoms with Crippen LogP contribution in [0.25, 0.3) is 0 Å². The zero-order valence-corrected chi connectivity index (χ0v) is 10.7. The highest BCUT2D eigenvalue weighted by Crippen LogP contribution is 2.27. The van der Waals surface area contributed by atoms with Crippen molar-refractivity contribution in [2.75, 3.05) is 0 Å².